The molecule has 2 N–H and O–H groups in total. The minimum Gasteiger partial charge on any atom is -0.481 e. The number of benzene rings is 1. The maximum absolute atomic E-state index is 12.8. The number of hydrogen-bond acceptors (Lipinski definition) is 18. The Kier molecular flexibility index (Phi) is 14.8. The highest BCUT2D eigenvalue weighted by atomic mass is 16.8. The molecule has 0 radical (unpaired) electrons. The molecule has 4 rings (SSSR count). The minimum atomic E-state index is -1.62. The largest absolute Gasteiger partial charge is 0.481 e. The van der Waals surface area contributed by atoms with E-state index in [1.54, 1.807) is 13.8 Å². The second-order valence-electron chi connectivity index (χ2n) is 13.1. The fourth-order valence-electron chi connectivity index (χ4n) is 5.55. The number of carbonyl (C=O) groups excluding carboxylic acids is 6. The molecule has 2 unspecified atom stereocenters. The number of aryl methyl sites for hydroxylation is 2. The average molecular weight is 823 g/mol. The van der Waals surface area contributed by atoms with E-state index in [-0.39, 0.29) is 18.8 Å². The molecule has 0 saturated carbocycles. The summed E-state index contributed by atoms with van der Waals surface area (Å²) in [6, 6.07) is 3.07. The zero-order chi connectivity index (χ0) is 43.5. The van der Waals surface area contributed by atoms with Crippen LogP contribution in [0.2, 0.25) is 0 Å². The minimum absolute atomic E-state index is 0.120. The van der Waals surface area contributed by atoms with Gasteiger partial charge in [0, 0.05) is 45.3 Å². The first-order valence-electron chi connectivity index (χ1n) is 17.5. The molecule has 0 spiro atoms. The van der Waals surface area contributed by atoms with Gasteiger partial charge in [0.05, 0.1) is 0 Å². The van der Waals surface area contributed by atoms with Crippen LogP contribution in [0.3, 0.4) is 0 Å². The summed E-state index contributed by atoms with van der Waals surface area (Å²) < 4.78 is 52.0. The van der Waals surface area contributed by atoms with Gasteiger partial charge in [0.15, 0.2) is 5.92 Å². The van der Waals surface area contributed by atoms with Crippen LogP contribution in [0.4, 0.5) is 0 Å². The predicted molar refractivity (Wildman–Crippen MR) is 199 cm³/mol. The number of cyclic esters (lactones) is 5. The van der Waals surface area contributed by atoms with Crippen LogP contribution >= 0.6 is 0 Å². The number of ether oxygens (including phenoxy) is 10. The molecule has 1 aromatic rings. The van der Waals surface area contributed by atoms with E-state index in [1.807, 2.05) is 0 Å². The quantitative estimate of drug-likeness (QED) is 0.0342. The van der Waals surface area contributed by atoms with Crippen LogP contribution in [0.1, 0.15) is 48.7 Å². The van der Waals surface area contributed by atoms with Gasteiger partial charge < -0.3 is 57.6 Å². The van der Waals surface area contributed by atoms with Crippen LogP contribution in [-0.4, -0.2) is 85.0 Å². The molecule has 3 aliphatic heterocycles. The van der Waals surface area contributed by atoms with Crippen molar-refractivity contribution in [2.75, 3.05) is 27.4 Å². The summed E-state index contributed by atoms with van der Waals surface area (Å²) in [4.78, 5) is 75.8. The van der Waals surface area contributed by atoms with E-state index >= 15 is 0 Å². The summed E-state index contributed by atoms with van der Waals surface area (Å²) >= 11 is 0. The van der Waals surface area contributed by atoms with E-state index in [9.17, 15) is 39.0 Å². The van der Waals surface area contributed by atoms with Crippen molar-refractivity contribution in [3.05, 3.63) is 131 Å². The molecule has 2 saturated heterocycles. The Morgan fingerprint density at radius 1 is 0.814 bits per heavy atom. The van der Waals surface area contributed by atoms with E-state index in [0.717, 1.165) is 12.2 Å². The lowest BCUT2D eigenvalue weighted by Gasteiger charge is -2.32. The first kappa shape index (κ1) is 44.8. The summed E-state index contributed by atoms with van der Waals surface area (Å²) in [6.45, 7) is 8.90. The number of aliphatic hydroxyl groups is 2. The van der Waals surface area contributed by atoms with Crippen molar-refractivity contribution in [1.29, 1.82) is 0 Å². The summed E-state index contributed by atoms with van der Waals surface area (Å²) in [7, 11) is 2.72. The summed E-state index contributed by atoms with van der Waals surface area (Å²) in [6.07, 6.45) is 11.4. The highest BCUT2D eigenvalue weighted by Crippen LogP contribution is 2.35. The molecule has 2 fully saturated rings. The molecule has 0 amide bonds. The highest BCUT2D eigenvalue weighted by molar-refractivity contribution is 6.15. The van der Waals surface area contributed by atoms with Crippen LogP contribution in [0, 0.1) is 19.8 Å². The van der Waals surface area contributed by atoms with E-state index in [2.05, 4.69) is 6.58 Å². The third-order valence-electron chi connectivity index (χ3n) is 8.14. The van der Waals surface area contributed by atoms with Crippen LogP contribution in [-0.2, 0) is 76.1 Å². The van der Waals surface area contributed by atoms with E-state index < -0.39 is 83.4 Å². The summed E-state index contributed by atoms with van der Waals surface area (Å²) in [5, 5.41) is 19.4. The summed E-state index contributed by atoms with van der Waals surface area (Å²) in [5.41, 5.74) is 0.831. The molecule has 3 aliphatic rings. The number of hydrogen-bond donors (Lipinski definition) is 2. The topological polar surface area (TPSA) is 235 Å². The van der Waals surface area contributed by atoms with Gasteiger partial charge >= 0.3 is 35.8 Å². The Morgan fingerprint density at radius 2 is 1.39 bits per heavy atom. The Morgan fingerprint density at radius 3 is 1.95 bits per heavy atom. The fraction of sp³-hybridized carbons (Fsp3) is 0.317. The van der Waals surface area contributed by atoms with Gasteiger partial charge in [-0.05, 0) is 55.8 Å². The van der Waals surface area contributed by atoms with Crippen molar-refractivity contribution in [2.45, 2.75) is 51.8 Å². The molecule has 1 aromatic carbocycles. The maximum Gasteiger partial charge on any atom is 0.348 e. The standard InChI is InChI=1S/C41H42O18/c1-23-20-30(39-54-34(46)27(35(47)55-39)16-12-10-13-17-28-36(48)58-41(5,22-51-7)59-37(28)49)24(2)19-29(23)38-52-32(44)26(33(45)53-38)15-11-8-9-14-18-31(43)57-40(4,21-50-6)56-25(3)42/h8-20,26,38-39,42,48H,3,21-22H2,1-2,4-7H3/b9-8+,12-10+,15-11+,17-13+,18-14-,27-16?. The van der Waals surface area contributed by atoms with Gasteiger partial charge in [0.2, 0.25) is 0 Å². The smallest absolute Gasteiger partial charge is 0.348 e. The molecule has 18 heteroatoms. The van der Waals surface area contributed by atoms with Gasteiger partial charge in [-0.3, -0.25) is 9.59 Å². The van der Waals surface area contributed by atoms with Crippen molar-refractivity contribution >= 4 is 35.8 Å². The second-order valence-corrected chi connectivity index (χ2v) is 13.1. The zero-order valence-electron chi connectivity index (χ0n) is 32.8. The highest BCUT2D eigenvalue weighted by Gasteiger charge is 2.41. The van der Waals surface area contributed by atoms with Crippen molar-refractivity contribution in [2.24, 2.45) is 5.92 Å². The van der Waals surface area contributed by atoms with Crippen molar-refractivity contribution in [3.8, 4) is 0 Å². The van der Waals surface area contributed by atoms with Crippen molar-refractivity contribution in [3.63, 3.8) is 0 Å². The van der Waals surface area contributed by atoms with Crippen molar-refractivity contribution in [1.82, 2.24) is 0 Å². The first-order valence-corrected chi connectivity index (χ1v) is 17.5. The van der Waals surface area contributed by atoms with Crippen molar-refractivity contribution < 1.29 is 86.3 Å². The molecule has 0 aromatic heterocycles. The van der Waals surface area contributed by atoms with Gasteiger partial charge in [0.1, 0.15) is 24.4 Å². The summed E-state index contributed by atoms with van der Waals surface area (Å²) in [5.74, 6) is -11.2. The first-order chi connectivity index (χ1) is 27.9. The average Bonchev–Trinajstić information content (AvgIpc) is 3.12. The molecule has 314 valence electrons. The molecule has 18 nitrogen and oxygen atoms in total. The maximum atomic E-state index is 12.8. The monoisotopic (exact) mass is 822 g/mol. The number of carbonyl (C=O) groups is 6. The number of esters is 6. The van der Waals surface area contributed by atoms with Gasteiger partial charge in [-0.1, -0.05) is 48.6 Å². The normalized spacial score (nSPS) is 23.5. The molecule has 0 bridgehead atoms. The SMILES string of the molecule is C=C(O)OC(C)(COC)OC(=O)\C=C/C=C/C=C/C1C(=O)OC(c2cc(C)c(C3OC(=O)C(=C/C=C/C=C/C4=C(O)OC(C)(COC)OC4=O)C(=O)O3)cc2C)OC1=O. The van der Waals surface area contributed by atoms with Crippen LogP contribution in [0.25, 0.3) is 0 Å². The van der Waals surface area contributed by atoms with Crippen LogP contribution < -0.4 is 0 Å². The van der Waals surface area contributed by atoms with Gasteiger partial charge in [-0.25, -0.2) is 19.2 Å². The molecule has 0 aliphatic carbocycles. The number of aliphatic hydroxyl groups excluding tert-OH is 2. The third-order valence-corrected chi connectivity index (χ3v) is 8.14. The number of methoxy groups -OCH3 is 2. The van der Waals surface area contributed by atoms with Gasteiger partial charge in [-0.2, -0.15) is 0 Å². The van der Waals surface area contributed by atoms with Gasteiger partial charge in [-0.15, -0.1) is 0 Å². The van der Waals surface area contributed by atoms with Crippen LogP contribution in [0.5, 0.6) is 0 Å². The fourth-order valence-corrected chi connectivity index (χ4v) is 5.55. The Hall–Kier alpha value is -6.92. The number of rotatable bonds is 16. The number of allylic oxidation sites excluding steroid dienone is 8. The molecular weight excluding hydrogens is 780 g/mol. The predicted octanol–water partition coefficient (Wildman–Crippen LogP) is 4.48. The lowest BCUT2D eigenvalue weighted by Crippen LogP contribution is -2.43. The molecule has 59 heavy (non-hydrogen) atoms. The lowest BCUT2D eigenvalue weighted by atomic mass is 9.98. The lowest BCUT2D eigenvalue weighted by molar-refractivity contribution is -0.245. The molecule has 2 atom stereocenters. The second kappa shape index (κ2) is 19.5. The Bertz CT molecular complexity index is 2050. The van der Waals surface area contributed by atoms with Crippen LogP contribution in [0.15, 0.2) is 109 Å². The molecular formula is C41H42O18. The Labute approximate surface area is 337 Å². The zero-order valence-corrected chi connectivity index (χ0v) is 32.8. The molecule has 3 heterocycles. The van der Waals surface area contributed by atoms with E-state index in [1.165, 1.54) is 94.9 Å². The van der Waals surface area contributed by atoms with E-state index in [0.29, 0.717) is 22.3 Å². The third kappa shape index (κ3) is 11.8. The van der Waals surface area contributed by atoms with E-state index in [4.69, 9.17) is 47.4 Å². The van der Waals surface area contributed by atoms with Gasteiger partial charge in [0.25, 0.3) is 36.0 Å². The Balaban J connectivity index is 1.33.